The van der Waals surface area contributed by atoms with Crippen molar-refractivity contribution in [1.29, 1.82) is 0 Å². The van der Waals surface area contributed by atoms with Crippen LogP contribution in [0.3, 0.4) is 0 Å². The summed E-state index contributed by atoms with van der Waals surface area (Å²) in [6, 6.07) is 0. The van der Waals surface area contributed by atoms with E-state index >= 15 is 0 Å². The molecule has 0 bridgehead atoms. The van der Waals surface area contributed by atoms with Gasteiger partial charge in [-0.3, -0.25) is 0 Å². The summed E-state index contributed by atoms with van der Waals surface area (Å²) in [6.45, 7) is 6.85. The standard InChI is InChI=1S/C8H18S/c1-8(2,3)6-4-5-7-9/h9H,4-7H2,1-3H3. The first-order valence-electron chi connectivity index (χ1n) is 3.67. The minimum absolute atomic E-state index is 0.517. The monoisotopic (exact) mass is 146 g/mol. The number of hydrogen-bond donors (Lipinski definition) is 1. The highest BCUT2D eigenvalue weighted by atomic mass is 32.1. The summed E-state index contributed by atoms with van der Waals surface area (Å²) in [5.41, 5.74) is 0.517. The number of hydrogen-bond acceptors (Lipinski definition) is 1. The SMILES string of the molecule is CC(C)(C)CCCCS. The van der Waals surface area contributed by atoms with Gasteiger partial charge in [-0.05, 0) is 24.0 Å². The van der Waals surface area contributed by atoms with Crippen LogP contribution in [0.25, 0.3) is 0 Å². The lowest BCUT2D eigenvalue weighted by Gasteiger charge is -2.16. The molecule has 0 unspecified atom stereocenters. The average molecular weight is 146 g/mol. The molecule has 0 saturated heterocycles. The van der Waals surface area contributed by atoms with Crippen LogP contribution >= 0.6 is 12.6 Å². The van der Waals surface area contributed by atoms with Gasteiger partial charge in [-0.15, -0.1) is 0 Å². The number of thiol groups is 1. The summed E-state index contributed by atoms with van der Waals surface area (Å²) in [7, 11) is 0. The van der Waals surface area contributed by atoms with E-state index in [0.29, 0.717) is 5.41 Å². The van der Waals surface area contributed by atoms with Crippen molar-refractivity contribution in [3.63, 3.8) is 0 Å². The Balaban J connectivity index is 3.07. The Morgan fingerprint density at radius 2 is 1.67 bits per heavy atom. The van der Waals surface area contributed by atoms with E-state index in [9.17, 15) is 0 Å². The molecule has 0 fully saturated rings. The van der Waals surface area contributed by atoms with Gasteiger partial charge in [0.25, 0.3) is 0 Å². The van der Waals surface area contributed by atoms with Crippen LogP contribution in [-0.2, 0) is 0 Å². The van der Waals surface area contributed by atoms with Crippen LogP contribution in [-0.4, -0.2) is 5.75 Å². The lowest BCUT2D eigenvalue weighted by Crippen LogP contribution is -2.03. The molecule has 0 heterocycles. The predicted octanol–water partition coefficient (Wildman–Crippen LogP) is 3.13. The maximum absolute atomic E-state index is 4.15. The number of unbranched alkanes of at least 4 members (excludes halogenated alkanes) is 1. The minimum atomic E-state index is 0.517. The van der Waals surface area contributed by atoms with E-state index in [-0.39, 0.29) is 0 Å². The van der Waals surface area contributed by atoms with Crippen molar-refractivity contribution in [1.82, 2.24) is 0 Å². The lowest BCUT2D eigenvalue weighted by atomic mass is 9.90. The lowest BCUT2D eigenvalue weighted by molar-refractivity contribution is 0.364. The van der Waals surface area contributed by atoms with Gasteiger partial charge < -0.3 is 0 Å². The van der Waals surface area contributed by atoms with Crippen LogP contribution in [0.5, 0.6) is 0 Å². The van der Waals surface area contributed by atoms with Gasteiger partial charge in [0.1, 0.15) is 0 Å². The second-order valence-corrected chi connectivity index (χ2v) is 4.19. The third-order valence-electron chi connectivity index (χ3n) is 1.33. The summed E-state index contributed by atoms with van der Waals surface area (Å²) in [6.07, 6.45) is 3.92. The Labute approximate surface area is 64.4 Å². The summed E-state index contributed by atoms with van der Waals surface area (Å²) in [5.74, 6) is 1.04. The smallest absolute Gasteiger partial charge is 0.00979 e. The molecule has 0 spiro atoms. The Morgan fingerprint density at radius 1 is 1.11 bits per heavy atom. The Morgan fingerprint density at radius 3 is 2.00 bits per heavy atom. The van der Waals surface area contributed by atoms with Crippen molar-refractivity contribution < 1.29 is 0 Å². The van der Waals surface area contributed by atoms with E-state index < -0.39 is 0 Å². The van der Waals surface area contributed by atoms with E-state index in [4.69, 9.17) is 0 Å². The van der Waals surface area contributed by atoms with Crippen molar-refractivity contribution in [2.24, 2.45) is 5.41 Å². The molecule has 0 aliphatic rings. The average Bonchev–Trinajstić information content (AvgIpc) is 1.63. The molecule has 1 heteroatoms. The summed E-state index contributed by atoms with van der Waals surface area (Å²) >= 11 is 4.15. The predicted molar refractivity (Wildman–Crippen MR) is 47.2 cm³/mol. The first-order chi connectivity index (χ1) is 4.06. The van der Waals surface area contributed by atoms with Crippen molar-refractivity contribution in [3.8, 4) is 0 Å². The fourth-order valence-corrected chi connectivity index (χ4v) is 0.991. The van der Waals surface area contributed by atoms with Gasteiger partial charge >= 0.3 is 0 Å². The minimum Gasteiger partial charge on any atom is -0.179 e. The van der Waals surface area contributed by atoms with Gasteiger partial charge in [0, 0.05) is 0 Å². The molecule has 0 aromatic heterocycles. The summed E-state index contributed by atoms with van der Waals surface area (Å²) in [4.78, 5) is 0. The molecular formula is C8H18S. The van der Waals surface area contributed by atoms with Gasteiger partial charge in [-0.2, -0.15) is 12.6 Å². The zero-order valence-electron chi connectivity index (χ0n) is 6.78. The first kappa shape index (κ1) is 9.35. The Bertz CT molecular complexity index is 61.5. The van der Waals surface area contributed by atoms with Crippen molar-refractivity contribution in [3.05, 3.63) is 0 Å². The van der Waals surface area contributed by atoms with Crippen LogP contribution in [0.1, 0.15) is 40.0 Å². The highest BCUT2D eigenvalue weighted by Crippen LogP contribution is 2.21. The van der Waals surface area contributed by atoms with E-state index in [0.717, 1.165) is 5.75 Å². The molecule has 0 amide bonds. The van der Waals surface area contributed by atoms with Crippen LogP contribution in [0, 0.1) is 5.41 Å². The quantitative estimate of drug-likeness (QED) is 0.459. The van der Waals surface area contributed by atoms with Gasteiger partial charge in [0.2, 0.25) is 0 Å². The first-order valence-corrected chi connectivity index (χ1v) is 4.30. The second-order valence-electron chi connectivity index (χ2n) is 3.74. The molecular weight excluding hydrogens is 128 g/mol. The fraction of sp³-hybridized carbons (Fsp3) is 1.00. The molecule has 0 aromatic rings. The molecule has 0 aromatic carbocycles. The molecule has 0 saturated carbocycles. The van der Waals surface area contributed by atoms with Crippen LogP contribution in [0.2, 0.25) is 0 Å². The van der Waals surface area contributed by atoms with E-state index in [1.807, 2.05) is 0 Å². The third-order valence-corrected chi connectivity index (χ3v) is 1.65. The molecule has 0 atom stereocenters. The largest absolute Gasteiger partial charge is 0.179 e. The molecule has 0 rings (SSSR count). The van der Waals surface area contributed by atoms with E-state index in [2.05, 4.69) is 33.4 Å². The van der Waals surface area contributed by atoms with Gasteiger partial charge in [-0.1, -0.05) is 27.2 Å². The third kappa shape index (κ3) is 8.35. The zero-order valence-corrected chi connectivity index (χ0v) is 7.67. The second kappa shape index (κ2) is 4.21. The van der Waals surface area contributed by atoms with E-state index in [1.54, 1.807) is 0 Å². The van der Waals surface area contributed by atoms with Gasteiger partial charge in [0.15, 0.2) is 0 Å². The fourth-order valence-electron chi connectivity index (χ4n) is 0.767. The van der Waals surface area contributed by atoms with Gasteiger partial charge in [-0.25, -0.2) is 0 Å². The highest BCUT2D eigenvalue weighted by Gasteiger charge is 2.07. The van der Waals surface area contributed by atoms with Crippen molar-refractivity contribution >= 4 is 12.6 Å². The van der Waals surface area contributed by atoms with Gasteiger partial charge in [0.05, 0.1) is 0 Å². The van der Waals surface area contributed by atoms with Crippen LogP contribution < -0.4 is 0 Å². The topological polar surface area (TPSA) is 0 Å². The molecule has 0 nitrogen and oxygen atoms in total. The maximum Gasteiger partial charge on any atom is -0.00979 e. The molecule has 0 aliphatic heterocycles. The molecule has 0 aliphatic carbocycles. The molecule has 56 valence electrons. The molecule has 9 heavy (non-hydrogen) atoms. The Hall–Kier alpha value is 0.350. The normalized spacial score (nSPS) is 12.0. The van der Waals surface area contributed by atoms with Crippen LogP contribution in [0.4, 0.5) is 0 Å². The van der Waals surface area contributed by atoms with Crippen molar-refractivity contribution in [2.45, 2.75) is 40.0 Å². The van der Waals surface area contributed by atoms with Crippen molar-refractivity contribution in [2.75, 3.05) is 5.75 Å². The number of rotatable bonds is 3. The van der Waals surface area contributed by atoms with E-state index in [1.165, 1.54) is 19.3 Å². The molecule has 0 radical (unpaired) electrons. The summed E-state index contributed by atoms with van der Waals surface area (Å²) in [5, 5.41) is 0. The summed E-state index contributed by atoms with van der Waals surface area (Å²) < 4.78 is 0. The highest BCUT2D eigenvalue weighted by molar-refractivity contribution is 7.80. The maximum atomic E-state index is 4.15. The zero-order chi connectivity index (χ0) is 7.33. The van der Waals surface area contributed by atoms with Crippen LogP contribution in [0.15, 0.2) is 0 Å². The molecule has 0 N–H and O–H groups in total. The Kier molecular flexibility index (Phi) is 4.37.